The molecule has 0 saturated carbocycles. The molecule has 5 heteroatoms. The van der Waals surface area contributed by atoms with Crippen molar-refractivity contribution in [3.8, 4) is 28.7 Å². The van der Waals surface area contributed by atoms with Crippen molar-refractivity contribution < 1.29 is 4.42 Å². The van der Waals surface area contributed by atoms with E-state index in [0.717, 1.165) is 65.6 Å². The second-order valence-electron chi connectivity index (χ2n) is 13.6. The number of rotatable bonds is 3. The highest BCUT2D eigenvalue weighted by Gasteiger charge is 2.24. The lowest BCUT2D eigenvalue weighted by Crippen LogP contribution is -2.06. The maximum absolute atomic E-state index is 6.58. The molecule has 0 radical (unpaired) electrons. The lowest BCUT2D eigenvalue weighted by atomic mass is 9.95. The Hall–Kier alpha value is -7.11. The first-order valence-electron chi connectivity index (χ1n) is 17.5. The van der Waals surface area contributed by atoms with E-state index in [9.17, 15) is 0 Å². The summed E-state index contributed by atoms with van der Waals surface area (Å²) in [7, 11) is 0. The molecule has 52 heavy (non-hydrogen) atoms. The highest BCUT2D eigenvalue weighted by atomic mass is 16.3. The van der Waals surface area contributed by atoms with Crippen LogP contribution in [0.15, 0.2) is 162 Å². The number of hydrogen-bond donors (Lipinski definition) is 0. The van der Waals surface area contributed by atoms with E-state index in [1.54, 1.807) is 0 Å². The first kappa shape index (κ1) is 27.7. The van der Waals surface area contributed by atoms with Crippen LogP contribution in [0.5, 0.6) is 0 Å². The summed E-state index contributed by atoms with van der Waals surface area (Å²) in [6, 6.07) is 55.6. The molecule has 0 saturated heterocycles. The predicted molar refractivity (Wildman–Crippen MR) is 214 cm³/mol. The molecule has 0 aliphatic heterocycles. The van der Waals surface area contributed by atoms with Gasteiger partial charge < -0.3 is 4.42 Å². The van der Waals surface area contributed by atoms with Crippen LogP contribution in [0, 0.1) is 0 Å². The lowest BCUT2D eigenvalue weighted by Gasteiger charge is -2.12. The van der Waals surface area contributed by atoms with E-state index in [4.69, 9.17) is 19.4 Å². The Morgan fingerprint density at radius 2 is 0.904 bits per heavy atom. The molecule has 3 heterocycles. The average molecular weight is 663 g/mol. The molecular formula is C47H26N4O. The fourth-order valence-corrected chi connectivity index (χ4v) is 8.45. The van der Waals surface area contributed by atoms with Gasteiger partial charge in [0.15, 0.2) is 11.6 Å². The summed E-state index contributed by atoms with van der Waals surface area (Å²) in [5.74, 6) is 1.81. The van der Waals surface area contributed by atoms with Crippen molar-refractivity contribution in [1.82, 2.24) is 19.5 Å². The van der Waals surface area contributed by atoms with Crippen molar-refractivity contribution >= 4 is 86.8 Å². The third kappa shape index (κ3) is 3.79. The molecule has 0 unspecified atom stereocenters. The van der Waals surface area contributed by atoms with E-state index in [1.807, 2.05) is 0 Å². The van der Waals surface area contributed by atoms with Crippen LogP contribution in [0.4, 0.5) is 0 Å². The summed E-state index contributed by atoms with van der Waals surface area (Å²) in [6.07, 6.45) is 0. The summed E-state index contributed by atoms with van der Waals surface area (Å²) < 4.78 is 8.80. The SMILES string of the molecule is c1ccc2cc(-c3nc(-c4ccc5ccccc5c4)nc(-n4c5cccc6c7ccccc7c7cccc8oc9ccc4c(c9c87)c65)n3)ccc2c1. The van der Waals surface area contributed by atoms with Crippen molar-refractivity contribution in [1.29, 1.82) is 0 Å². The van der Waals surface area contributed by atoms with Gasteiger partial charge in [-0.2, -0.15) is 9.97 Å². The largest absolute Gasteiger partial charge is 0.456 e. The second-order valence-corrected chi connectivity index (χ2v) is 13.6. The minimum Gasteiger partial charge on any atom is -0.456 e. The molecule has 240 valence electrons. The maximum atomic E-state index is 6.58. The van der Waals surface area contributed by atoms with Crippen molar-refractivity contribution in [2.75, 3.05) is 0 Å². The Labute approximate surface area is 296 Å². The van der Waals surface area contributed by atoms with Crippen LogP contribution < -0.4 is 0 Å². The summed E-state index contributed by atoms with van der Waals surface area (Å²) in [4.78, 5) is 15.8. The van der Waals surface area contributed by atoms with Gasteiger partial charge in [0, 0.05) is 32.7 Å². The minimum atomic E-state index is 0.568. The lowest BCUT2D eigenvalue weighted by molar-refractivity contribution is 0.669. The van der Waals surface area contributed by atoms with E-state index >= 15 is 0 Å². The van der Waals surface area contributed by atoms with Crippen molar-refractivity contribution in [3.05, 3.63) is 158 Å². The zero-order chi connectivity index (χ0) is 33.9. The number of fused-ring (bicyclic) bond motifs is 5. The van der Waals surface area contributed by atoms with Crippen molar-refractivity contribution in [2.24, 2.45) is 0 Å². The van der Waals surface area contributed by atoms with E-state index in [1.165, 1.54) is 32.3 Å². The molecule has 0 spiro atoms. The molecular weight excluding hydrogens is 637 g/mol. The molecule has 0 amide bonds. The van der Waals surface area contributed by atoms with Gasteiger partial charge in [-0.3, -0.25) is 4.57 Å². The monoisotopic (exact) mass is 662 g/mol. The van der Waals surface area contributed by atoms with Crippen LogP contribution in [0.1, 0.15) is 0 Å². The summed E-state index contributed by atoms with van der Waals surface area (Å²) in [5, 5.41) is 13.9. The molecule has 0 fully saturated rings. The maximum Gasteiger partial charge on any atom is 0.238 e. The van der Waals surface area contributed by atoms with Gasteiger partial charge in [0.1, 0.15) is 11.2 Å². The normalized spacial score (nSPS) is 12.2. The van der Waals surface area contributed by atoms with Crippen molar-refractivity contribution in [2.45, 2.75) is 0 Å². The zero-order valence-electron chi connectivity index (χ0n) is 27.7. The molecule has 0 aliphatic carbocycles. The molecule has 9 aromatic carbocycles. The second kappa shape index (κ2) is 10.2. The Bertz CT molecular complexity index is 3330. The molecule has 0 atom stereocenters. The van der Waals surface area contributed by atoms with Gasteiger partial charge in [0.05, 0.1) is 11.0 Å². The van der Waals surface area contributed by atoms with Crippen LogP contribution >= 0.6 is 0 Å². The zero-order valence-corrected chi connectivity index (χ0v) is 27.7. The van der Waals surface area contributed by atoms with Gasteiger partial charge in [-0.15, -0.1) is 0 Å². The molecule has 12 rings (SSSR count). The molecule has 3 aromatic heterocycles. The van der Waals surface area contributed by atoms with Gasteiger partial charge in [0.25, 0.3) is 0 Å². The van der Waals surface area contributed by atoms with Gasteiger partial charge in [-0.05, 0) is 79.5 Å². The Morgan fingerprint density at radius 3 is 1.58 bits per heavy atom. The quantitative estimate of drug-likeness (QED) is 0.189. The third-order valence-electron chi connectivity index (χ3n) is 10.8. The van der Waals surface area contributed by atoms with Gasteiger partial charge in [-0.25, -0.2) is 4.98 Å². The number of nitrogens with zero attached hydrogens (tertiary/aromatic N) is 4. The topological polar surface area (TPSA) is 56.7 Å². The van der Waals surface area contributed by atoms with Crippen LogP contribution in [-0.2, 0) is 0 Å². The van der Waals surface area contributed by atoms with E-state index in [0.29, 0.717) is 17.6 Å². The Kier molecular flexibility index (Phi) is 5.44. The Balaban J connectivity index is 1.24. The van der Waals surface area contributed by atoms with Gasteiger partial charge >= 0.3 is 0 Å². The average Bonchev–Trinajstić information content (AvgIpc) is 3.76. The van der Waals surface area contributed by atoms with Crippen LogP contribution in [-0.4, -0.2) is 19.5 Å². The first-order valence-corrected chi connectivity index (χ1v) is 17.5. The number of benzene rings is 8. The number of hydrogen-bond acceptors (Lipinski definition) is 4. The molecule has 0 bridgehead atoms. The standard InChI is InChI=1S/C47H26N4O/c1-3-11-29-25-31(21-19-27(29)9-1)45-48-46(32-22-20-28-10-2-4-12-30(28)26-32)50-47(49-45)51-37-17-7-15-35-33-13-5-6-14-34(33)36-16-8-18-39-42(36)44-40(52-39)24-23-38(51)43(44)41(35)37/h1-26H. The summed E-state index contributed by atoms with van der Waals surface area (Å²) >= 11 is 0. The molecule has 0 aliphatic rings. The summed E-state index contributed by atoms with van der Waals surface area (Å²) in [6.45, 7) is 0. The van der Waals surface area contributed by atoms with E-state index < -0.39 is 0 Å². The fraction of sp³-hybridized carbons (Fsp3) is 0. The highest BCUT2D eigenvalue weighted by molar-refractivity contribution is 6.38. The fourth-order valence-electron chi connectivity index (χ4n) is 8.45. The smallest absolute Gasteiger partial charge is 0.238 e. The summed E-state index contributed by atoms with van der Waals surface area (Å²) in [5.41, 5.74) is 5.67. The third-order valence-corrected chi connectivity index (χ3v) is 10.8. The molecule has 0 N–H and O–H groups in total. The van der Waals surface area contributed by atoms with Crippen LogP contribution in [0.25, 0.3) is 116 Å². The van der Waals surface area contributed by atoms with E-state index in [2.05, 4.69) is 162 Å². The number of furan rings is 1. The molecule has 12 aromatic rings. The van der Waals surface area contributed by atoms with Crippen LogP contribution in [0.2, 0.25) is 0 Å². The minimum absolute atomic E-state index is 0.568. The Morgan fingerprint density at radius 1 is 0.365 bits per heavy atom. The highest BCUT2D eigenvalue weighted by Crippen LogP contribution is 2.46. The molecule has 5 nitrogen and oxygen atoms in total. The van der Waals surface area contributed by atoms with Gasteiger partial charge in [-0.1, -0.05) is 121 Å². The number of aromatic nitrogens is 4. The first-order chi connectivity index (χ1) is 25.8. The van der Waals surface area contributed by atoms with Crippen molar-refractivity contribution in [3.63, 3.8) is 0 Å². The van der Waals surface area contributed by atoms with E-state index in [-0.39, 0.29) is 0 Å². The van der Waals surface area contributed by atoms with Crippen LogP contribution in [0.3, 0.4) is 0 Å². The predicted octanol–water partition coefficient (Wildman–Crippen LogP) is 12.3. The van der Waals surface area contributed by atoms with Gasteiger partial charge in [0.2, 0.25) is 5.95 Å².